The molecule has 2 rings (SSSR count). The van der Waals surface area contributed by atoms with Crippen LogP contribution >= 0.6 is 23.4 Å². The molecule has 0 spiro atoms. The minimum atomic E-state index is -0.545. The lowest BCUT2D eigenvalue weighted by Gasteiger charge is -2.07. The molecule has 1 aromatic carbocycles. The van der Waals surface area contributed by atoms with Crippen molar-refractivity contribution < 1.29 is 5.11 Å². The summed E-state index contributed by atoms with van der Waals surface area (Å²) in [4.78, 5) is 18.4. The number of aromatic nitrogens is 2. The normalized spacial score (nSPS) is 10.2. The number of halogens is 1. The first kappa shape index (κ1) is 13.5. The fraction of sp³-hybridized carbons (Fsp3) is 0.0833. The highest BCUT2D eigenvalue weighted by Gasteiger charge is 2.16. The van der Waals surface area contributed by atoms with Crippen LogP contribution in [-0.4, -0.2) is 21.3 Å². The average Bonchev–Trinajstić information content (AvgIpc) is 2.40. The van der Waals surface area contributed by atoms with E-state index in [0.29, 0.717) is 10.2 Å². The molecule has 0 atom stereocenters. The van der Waals surface area contributed by atoms with Crippen molar-refractivity contribution in [2.75, 3.05) is 6.26 Å². The van der Waals surface area contributed by atoms with Gasteiger partial charge in [0.05, 0.1) is 0 Å². The second-order valence-corrected chi connectivity index (χ2v) is 4.80. The third kappa shape index (κ3) is 2.57. The lowest BCUT2D eigenvalue weighted by atomic mass is 10.1. The summed E-state index contributed by atoms with van der Waals surface area (Å²) in [5, 5.41) is 19.6. The van der Waals surface area contributed by atoms with Crippen molar-refractivity contribution >= 4 is 23.4 Å². The zero-order valence-corrected chi connectivity index (χ0v) is 11.3. The number of aromatic amines is 1. The Morgan fingerprint density at radius 1 is 1.53 bits per heavy atom. The van der Waals surface area contributed by atoms with Gasteiger partial charge in [0, 0.05) is 10.6 Å². The van der Waals surface area contributed by atoms with Crippen LogP contribution in [0.2, 0.25) is 5.02 Å². The van der Waals surface area contributed by atoms with E-state index in [1.165, 1.54) is 30.0 Å². The highest BCUT2D eigenvalue weighted by Crippen LogP contribution is 2.32. The first-order valence-corrected chi connectivity index (χ1v) is 6.74. The molecule has 0 aliphatic heterocycles. The fourth-order valence-corrected chi connectivity index (χ4v) is 2.10. The Hall–Kier alpha value is -1.97. The average molecular weight is 294 g/mol. The van der Waals surface area contributed by atoms with E-state index in [9.17, 15) is 9.90 Å². The molecule has 2 N–H and O–H groups in total. The number of phenolic OH excluding ortho intramolecular Hbond substituents is 1. The van der Waals surface area contributed by atoms with Crippen molar-refractivity contribution in [2.45, 2.75) is 5.16 Å². The Labute approximate surface area is 117 Å². The van der Waals surface area contributed by atoms with Crippen LogP contribution in [0.5, 0.6) is 5.75 Å². The van der Waals surface area contributed by atoms with Crippen LogP contribution in [0.4, 0.5) is 0 Å². The van der Waals surface area contributed by atoms with E-state index >= 15 is 0 Å². The van der Waals surface area contributed by atoms with Gasteiger partial charge < -0.3 is 10.1 Å². The van der Waals surface area contributed by atoms with E-state index in [2.05, 4.69) is 9.97 Å². The van der Waals surface area contributed by atoms with Crippen LogP contribution in [0.1, 0.15) is 5.56 Å². The van der Waals surface area contributed by atoms with Crippen molar-refractivity contribution in [2.24, 2.45) is 0 Å². The van der Waals surface area contributed by atoms with Gasteiger partial charge in [-0.3, -0.25) is 4.79 Å². The van der Waals surface area contributed by atoms with Gasteiger partial charge in [-0.2, -0.15) is 5.26 Å². The molecule has 1 aromatic heterocycles. The summed E-state index contributed by atoms with van der Waals surface area (Å²) in [5.41, 5.74) is -0.326. The largest absolute Gasteiger partial charge is 0.507 e. The van der Waals surface area contributed by atoms with E-state index in [4.69, 9.17) is 16.9 Å². The van der Waals surface area contributed by atoms with Gasteiger partial charge in [0.2, 0.25) is 0 Å². The second kappa shape index (κ2) is 5.34. The summed E-state index contributed by atoms with van der Waals surface area (Å²) < 4.78 is 0. The maximum atomic E-state index is 11.8. The van der Waals surface area contributed by atoms with Crippen LogP contribution in [-0.2, 0) is 0 Å². The van der Waals surface area contributed by atoms with Gasteiger partial charge in [0.1, 0.15) is 23.1 Å². The summed E-state index contributed by atoms with van der Waals surface area (Å²) in [7, 11) is 0. The molecule has 0 saturated carbocycles. The lowest BCUT2D eigenvalue weighted by Crippen LogP contribution is -2.14. The maximum Gasteiger partial charge on any atom is 0.270 e. The van der Waals surface area contributed by atoms with Gasteiger partial charge in [-0.15, -0.1) is 0 Å². The van der Waals surface area contributed by atoms with Gasteiger partial charge in [-0.05, 0) is 24.5 Å². The van der Waals surface area contributed by atoms with E-state index in [1.54, 1.807) is 12.3 Å². The first-order chi connectivity index (χ1) is 9.06. The zero-order valence-electron chi connectivity index (χ0n) is 9.77. The molecule has 96 valence electrons. The molecule has 0 unspecified atom stereocenters. The van der Waals surface area contributed by atoms with Crippen LogP contribution in [0.25, 0.3) is 11.3 Å². The Bertz CT molecular complexity index is 737. The third-order valence-electron chi connectivity index (χ3n) is 2.42. The molecule has 7 heteroatoms. The van der Waals surface area contributed by atoms with Gasteiger partial charge in [-0.25, -0.2) is 4.98 Å². The topological polar surface area (TPSA) is 89.8 Å². The highest BCUT2D eigenvalue weighted by molar-refractivity contribution is 7.98. The molecule has 0 saturated heterocycles. The van der Waals surface area contributed by atoms with Crippen molar-refractivity contribution in [3.8, 4) is 23.1 Å². The standard InChI is InChI=1S/C12H8ClN3O2S/c1-19-12-15-10(8(5-14)11(18)16-12)7-4-6(13)2-3-9(7)17/h2-4,17H,1H3,(H,15,16,18). The fourth-order valence-electron chi connectivity index (χ4n) is 1.55. The SMILES string of the molecule is CSc1nc(-c2cc(Cl)ccc2O)c(C#N)c(=O)[nH]1. The molecule has 2 aromatic rings. The number of thioether (sulfide) groups is 1. The lowest BCUT2D eigenvalue weighted by molar-refractivity contribution is 0.477. The predicted molar refractivity (Wildman–Crippen MR) is 73.5 cm³/mol. The van der Waals surface area contributed by atoms with Crippen molar-refractivity contribution in [1.82, 2.24) is 9.97 Å². The molecule has 5 nitrogen and oxygen atoms in total. The van der Waals surface area contributed by atoms with Crippen LogP contribution in [0.3, 0.4) is 0 Å². The van der Waals surface area contributed by atoms with Crippen molar-refractivity contribution in [1.29, 1.82) is 5.26 Å². The molecule has 0 amide bonds. The van der Waals surface area contributed by atoms with Crippen LogP contribution in [0, 0.1) is 11.3 Å². The number of nitrogens with one attached hydrogen (secondary N) is 1. The molecule has 0 bridgehead atoms. The Kier molecular flexibility index (Phi) is 3.79. The number of phenols is 1. The van der Waals surface area contributed by atoms with Gasteiger partial charge >= 0.3 is 0 Å². The smallest absolute Gasteiger partial charge is 0.270 e. The van der Waals surface area contributed by atoms with Crippen molar-refractivity contribution in [3.05, 3.63) is 39.1 Å². The summed E-state index contributed by atoms with van der Waals surface area (Å²) in [5.74, 6) is -0.0916. The van der Waals surface area contributed by atoms with Crippen LogP contribution < -0.4 is 5.56 Å². The van der Waals surface area contributed by atoms with Crippen molar-refractivity contribution in [3.63, 3.8) is 0 Å². The molecular weight excluding hydrogens is 286 g/mol. The molecule has 0 aliphatic rings. The Morgan fingerprint density at radius 3 is 2.89 bits per heavy atom. The summed E-state index contributed by atoms with van der Waals surface area (Å²) in [6.07, 6.45) is 1.74. The molecule has 0 aliphatic carbocycles. The minimum absolute atomic E-state index is 0.0916. The predicted octanol–water partition coefficient (Wildman–Crippen LogP) is 2.39. The number of hydrogen-bond acceptors (Lipinski definition) is 5. The van der Waals surface area contributed by atoms with E-state index in [1.807, 2.05) is 0 Å². The molecule has 0 radical (unpaired) electrons. The summed E-state index contributed by atoms with van der Waals surface area (Å²) in [6.45, 7) is 0. The summed E-state index contributed by atoms with van der Waals surface area (Å²) >= 11 is 7.09. The van der Waals surface area contributed by atoms with Gasteiger partial charge in [0.25, 0.3) is 5.56 Å². The minimum Gasteiger partial charge on any atom is -0.507 e. The second-order valence-electron chi connectivity index (χ2n) is 3.57. The Morgan fingerprint density at radius 2 is 2.26 bits per heavy atom. The number of nitriles is 1. The van der Waals surface area contributed by atoms with E-state index in [0.717, 1.165) is 0 Å². The summed E-state index contributed by atoms with van der Waals surface area (Å²) in [6, 6.07) is 6.15. The number of aromatic hydroxyl groups is 1. The van der Waals surface area contributed by atoms with E-state index < -0.39 is 5.56 Å². The number of rotatable bonds is 2. The van der Waals surface area contributed by atoms with E-state index in [-0.39, 0.29) is 22.6 Å². The van der Waals surface area contributed by atoms with Crippen LogP contribution in [0.15, 0.2) is 28.2 Å². The molecule has 19 heavy (non-hydrogen) atoms. The first-order valence-electron chi connectivity index (χ1n) is 5.14. The zero-order chi connectivity index (χ0) is 14.0. The monoisotopic (exact) mass is 293 g/mol. The number of benzene rings is 1. The molecule has 1 heterocycles. The number of H-pyrrole nitrogens is 1. The van der Waals surface area contributed by atoms with Gasteiger partial charge in [0.15, 0.2) is 5.16 Å². The third-order valence-corrected chi connectivity index (χ3v) is 3.23. The molecular formula is C12H8ClN3O2S. The Balaban J connectivity index is 2.81. The molecule has 0 fully saturated rings. The maximum absolute atomic E-state index is 11.8. The number of hydrogen-bond donors (Lipinski definition) is 2. The quantitative estimate of drug-likeness (QED) is 0.655. The van der Waals surface area contributed by atoms with Gasteiger partial charge in [-0.1, -0.05) is 23.4 Å². The highest BCUT2D eigenvalue weighted by atomic mass is 35.5. The number of nitrogens with zero attached hydrogens (tertiary/aromatic N) is 2.